The van der Waals surface area contributed by atoms with Crippen LogP contribution in [0.15, 0.2) is 29.2 Å². The van der Waals surface area contributed by atoms with Gasteiger partial charge in [-0.1, -0.05) is 12.5 Å². The molecule has 2 saturated heterocycles. The third-order valence-corrected chi connectivity index (χ3v) is 8.61. The van der Waals surface area contributed by atoms with E-state index in [1.807, 2.05) is 0 Å². The molecule has 3 atom stereocenters. The third-order valence-electron chi connectivity index (χ3n) is 6.71. The van der Waals surface area contributed by atoms with Crippen molar-refractivity contribution >= 4 is 21.6 Å². The van der Waals surface area contributed by atoms with Crippen molar-refractivity contribution in [2.45, 2.75) is 62.3 Å². The Hall–Kier alpha value is -1.44. The Balaban J connectivity index is 1.40. The SMILES string of the molecule is O=C(C[NH+]1CCC[C@@H]2CCCC[C@@H]21)Nc1cccc(S(=O)(=O)N2CCCC2)c1. The Morgan fingerprint density at radius 3 is 2.64 bits per heavy atom. The van der Waals surface area contributed by atoms with Gasteiger partial charge in [0.05, 0.1) is 17.5 Å². The lowest BCUT2D eigenvalue weighted by Gasteiger charge is -2.40. The lowest BCUT2D eigenvalue weighted by molar-refractivity contribution is -0.928. The predicted octanol–water partition coefficient (Wildman–Crippen LogP) is 1.65. The van der Waals surface area contributed by atoms with E-state index in [0.717, 1.165) is 25.3 Å². The molecule has 6 nitrogen and oxygen atoms in total. The van der Waals surface area contributed by atoms with Crippen LogP contribution < -0.4 is 10.2 Å². The van der Waals surface area contributed by atoms with Crippen LogP contribution in [0, 0.1) is 5.92 Å². The van der Waals surface area contributed by atoms with Crippen molar-refractivity contribution < 1.29 is 18.1 Å². The Morgan fingerprint density at radius 1 is 1.07 bits per heavy atom. The summed E-state index contributed by atoms with van der Waals surface area (Å²) in [5, 5.41) is 2.95. The van der Waals surface area contributed by atoms with Gasteiger partial charge >= 0.3 is 0 Å². The molecule has 0 bridgehead atoms. The number of amides is 1. The summed E-state index contributed by atoms with van der Waals surface area (Å²) in [7, 11) is -3.46. The number of carbonyl (C=O) groups is 1. The molecule has 1 amide bonds. The van der Waals surface area contributed by atoms with Crippen molar-refractivity contribution in [3.05, 3.63) is 24.3 Å². The van der Waals surface area contributed by atoms with Crippen molar-refractivity contribution in [1.82, 2.24) is 4.31 Å². The Kier molecular flexibility index (Phi) is 6.04. The monoisotopic (exact) mass is 406 g/mol. The average Bonchev–Trinajstić information content (AvgIpc) is 3.24. The number of quaternary nitrogens is 1. The number of rotatable bonds is 5. The minimum atomic E-state index is -3.46. The zero-order valence-electron chi connectivity index (χ0n) is 16.5. The van der Waals surface area contributed by atoms with E-state index in [9.17, 15) is 13.2 Å². The first-order valence-corrected chi connectivity index (χ1v) is 12.2. The van der Waals surface area contributed by atoms with Crippen molar-refractivity contribution in [1.29, 1.82) is 0 Å². The van der Waals surface area contributed by atoms with Crippen LogP contribution in [0.4, 0.5) is 5.69 Å². The first-order chi connectivity index (χ1) is 13.5. The molecular formula is C21H32N3O3S+. The molecule has 2 heterocycles. The van der Waals surface area contributed by atoms with Gasteiger partial charge in [0.2, 0.25) is 10.0 Å². The van der Waals surface area contributed by atoms with Crippen molar-refractivity contribution in [2.24, 2.45) is 5.92 Å². The Labute approximate surface area is 168 Å². The van der Waals surface area contributed by atoms with E-state index in [1.165, 1.54) is 47.7 Å². The molecule has 0 spiro atoms. The number of fused-ring (bicyclic) bond motifs is 1. The highest BCUT2D eigenvalue weighted by atomic mass is 32.2. The van der Waals surface area contributed by atoms with Gasteiger partial charge in [0, 0.05) is 24.7 Å². The molecule has 1 aromatic carbocycles. The van der Waals surface area contributed by atoms with Gasteiger partial charge in [0.25, 0.3) is 5.91 Å². The molecule has 3 fully saturated rings. The number of anilines is 1. The summed E-state index contributed by atoms with van der Waals surface area (Å²) in [6.07, 6.45) is 9.50. The number of carbonyl (C=O) groups excluding carboxylic acids is 1. The molecule has 0 aromatic heterocycles. The van der Waals surface area contributed by atoms with Crippen LogP contribution >= 0.6 is 0 Å². The minimum absolute atomic E-state index is 0.0167. The van der Waals surface area contributed by atoms with E-state index in [4.69, 9.17) is 0 Å². The van der Waals surface area contributed by atoms with Gasteiger partial charge in [-0.3, -0.25) is 4.79 Å². The van der Waals surface area contributed by atoms with Crippen LogP contribution in [0.1, 0.15) is 51.4 Å². The molecule has 2 N–H and O–H groups in total. The second-order valence-corrected chi connectivity index (χ2v) is 10.5. The maximum Gasteiger partial charge on any atom is 0.279 e. The summed E-state index contributed by atoms with van der Waals surface area (Å²) in [5.41, 5.74) is 0.571. The predicted molar refractivity (Wildman–Crippen MR) is 109 cm³/mol. The van der Waals surface area contributed by atoms with Crippen molar-refractivity contribution in [3.8, 4) is 0 Å². The molecular weight excluding hydrogens is 374 g/mol. The normalized spacial score (nSPS) is 28.6. The van der Waals surface area contributed by atoms with Crippen LogP contribution in [0.3, 0.4) is 0 Å². The largest absolute Gasteiger partial charge is 0.324 e. The number of nitrogens with zero attached hydrogens (tertiary/aromatic N) is 1. The van der Waals surface area contributed by atoms with Gasteiger partial charge in [-0.05, 0) is 63.1 Å². The highest BCUT2D eigenvalue weighted by Gasteiger charge is 2.37. The molecule has 1 aliphatic carbocycles. The van der Waals surface area contributed by atoms with Gasteiger partial charge in [0.15, 0.2) is 6.54 Å². The summed E-state index contributed by atoms with van der Waals surface area (Å²) >= 11 is 0. The van der Waals surface area contributed by atoms with Crippen LogP contribution in [-0.2, 0) is 14.8 Å². The first-order valence-electron chi connectivity index (χ1n) is 10.8. The van der Waals surface area contributed by atoms with Crippen LogP contribution in [0.25, 0.3) is 0 Å². The summed E-state index contributed by atoms with van der Waals surface area (Å²) < 4.78 is 27.0. The minimum Gasteiger partial charge on any atom is -0.324 e. The van der Waals surface area contributed by atoms with E-state index in [2.05, 4.69) is 5.32 Å². The number of hydrogen-bond donors (Lipinski definition) is 2. The van der Waals surface area contributed by atoms with Crippen LogP contribution in [0.2, 0.25) is 0 Å². The summed E-state index contributed by atoms with van der Waals surface area (Å²) in [5.74, 6) is 0.760. The van der Waals surface area contributed by atoms with Crippen molar-refractivity contribution in [3.63, 3.8) is 0 Å². The summed E-state index contributed by atoms with van der Waals surface area (Å²) in [6, 6.07) is 7.32. The van der Waals surface area contributed by atoms with Gasteiger partial charge in [-0.2, -0.15) is 4.31 Å². The van der Waals surface area contributed by atoms with E-state index in [-0.39, 0.29) is 10.8 Å². The number of hydrogen-bond acceptors (Lipinski definition) is 3. The number of nitrogens with one attached hydrogen (secondary N) is 2. The van der Waals surface area contributed by atoms with Gasteiger partial charge in [-0.15, -0.1) is 0 Å². The molecule has 1 aromatic rings. The molecule has 154 valence electrons. The van der Waals surface area contributed by atoms with E-state index in [1.54, 1.807) is 24.3 Å². The average molecular weight is 407 g/mol. The highest BCUT2D eigenvalue weighted by Crippen LogP contribution is 2.28. The number of piperidine rings is 1. The number of likely N-dealkylation sites (tertiary alicyclic amines) is 1. The standard InChI is InChI=1S/C21H31N3O3S/c25-21(16-23-12-6-8-17-7-1-2-11-20(17)23)22-18-9-5-10-19(15-18)28(26,27)24-13-3-4-14-24/h5,9-10,15,17,20H,1-4,6-8,11-14,16H2,(H,22,25)/p+1/t17-,20-/m0/s1. The summed E-state index contributed by atoms with van der Waals surface area (Å²) in [6.45, 7) is 2.71. The Bertz CT molecular complexity index is 803. The lowest BCUT2D eigenvalue weighted by atomic mass is 9.78. The third kappa shape index (κ3) is 4.26. The molecule has 0 radical (unpaired) electrons. The van der Waals surface area contributed by atoms with E-state index < -0.39 is 10.0 Å². The Morgan fingerprint density at radius 2 is 1.82 bits per heavy atom. The molecule has 1 unspecified atom stereocenters. The van der Waals surface area contributed by atoms with Crippen LogP contribution in [0.5, 0.6) is 0 Å². The fraction of sp³-hybridized carbons (Fsp3) is 0.667. The lowest BCUT2D eigenvalue weighted by Crippen LogP contribution is -3.18. The maximum absolute atomic E-state index is 12.8. The highest BCUT2D eigenvalue weighted by molar-refractivity contribution is 7.89. The first kappa shape index (κ1) is 19.9. The van der Waals surface area contributed by atoms with Gasteiger partial charge in [0.1, 0.15) is 0 Å². The second-order valence-electron chi connectivity index (χ2n) is 8.57. The van der Waals surface area contributed by atoms with Gasteiger partial charge < -0.3 is 10.2 Å². The molecule has 28 heavy (non-hydrogen) atoms. The van der Waals surface area contributed by atoms with Crippen molar-refractivity contribution in [2.75, 3.05) is 31.5 Å². The quantitative estimate of drug-likeness (QED) is 0.781. The molecule has 1 saturated carbocycles. The topological polar surface area (TPSA) is 70.9 Å². The molecule has 3 aliphatic rings. The fourth-order valence-electron chi connectivity index (χ4n) is 5.31. The second kappa shape index (κ2) is 8.51. The molecule has 4 rings (SSSR count). The zero-order valence-corrected chi connectivity index (χ0v) is 17.3. The fourth-order valence-corrected chi connectivity index (χ4v) is 6.87. The van der Waals surface area contributed by atoms with E-state index in [0.29, 0.717) is 31.4 Å². The summed E-state index contributed by atoms with van der Waals surface area (Å²) in [4.78, 5) is 14.4. The molecule has 7 heteroatoms. The number of benzene rings is 1. The maximum atomic E-state index is 12.8. The smallest absolute Gasteiger partial charge is 0.279 e. The van der Waals surface area contributed by atoms with Gasteiger partial charge in [-0.25, -0.2) is 8.42 Å². The number of sulfonamides is 1. The van der Waals surface area contributed by atoms with Crippen LogP contribution in [-0.4, -0.2) is 50.9 Å². The molecule has 2 aliphatic heterocycles. The van der Waals surface area contributed by atoms with E-state index >= 15 is 0 Å². The zero-order chi connectivity index (χ0) is 19.6.